The van der Waals surface area contributed by atoms with Crippen LogP contribution in [-0.2, 0) is 10.1 Å². The predicted octanol–water partition coefficient (Wildman–Crippen LogP) is -0.325. The zero-order valence-corrected chi connectivity index (χ0v) is 10.3. The summed E-state index contributed by atoms with van der Waals surface area (Å²) in [5.41, 5.74) is 0. The van der Waals surface area contributed by atoms with Crippen molar-refractivity contribution >= 4 is 10.1 Å². The molecule has 0 radical (unpaired) electrons. The summed E-state index contributed by atoms with van der Waals surface area (Å²) in [4.78, 5) is -0.452. The first-order valence-corrected chi connectivity index (χ1v) is 6.52. The van der Waals surface area contributed by atoms with Crippen molar-refractivity contribution in [3.05, 3.63) is 18.2 Å². The molecule has 102 valence electrons. The maximum atomic E-state index is 11.2. The van der Waals surface area contributed by atoms with Crippen molar-refractivity contribution in [1.29, 1.82) is 0 Å². The Hall–Kier alpha value is -1.35. The third-order valence-electron chi connectivity index (χ3n) is 1.90. The first kappa shape index (κ1) is 14.7. The third-order valence-corrected chi connectivity index (χ3v) is 2.78. The largest absolute Gasteiger partial charge is 0.491 e. The van der Waals surface area contributed by atoms with Crippen LogP contribution in [0.4, 0.5) is 0 Å². The van der Waals surface area contributed by atoms with Gasteiger partial charge >= 0.3 is 0 Å². The number of ether oxygens (including phenoxy) is 2. The minimum Gasteiger partial charge on any atom is -0.491 e. The molecular weight excluding hydrogens is 264 g/mol. The van der Waals surface area contributed by atoms with E-state index in [1.165, 1.54) is 12.1 Å². The Kier molecular flexibility index (Phi) is 5.35. The van der Waals surface area contributed by atoms with Gasteiger partial charge in [-0.1, -0.05) is 0 Å². The van der Waals surface area contributed by atoms with Gasteiger partial charge in [0.05, 0.1) is 13.2 Å². The molecule has 0 saturated heterocycles. The average Bonchev–Trinajstić information content (AvgIpc) is 2.33. The van der Waals surface area contributed by atoms with Gasteiger partial charge in [-0.25, -0.2) is 0 Å². The first-order valence-electron chi connectivity index (χ1n) is 5.08. The fourth-order valence-corrected chi connectivity index (χ4v) is 1.86. The lowest BCUT2D eigenvalue weighted by atomic mass is 10.3. The number of hydrogen-bond donors (Lipinski definition) is 3. The monoisotopic (exact) mass is 278 g/mol. The van der Waals surface area contributed by atoms with E-state index in [0.717, 1.165) is 6.07 Å². The molecule has 1 rings (SSSR count). The summed E-state index contributed by atoms with van der Waals surface area (Å²) < 4.78 is 41.3. The summed E-state index contributed by atoms with van der Waals surface area (Å²) >= 11 is 0. The molecule has 0 fully saturated rings. The Balaban J connectivity index is 3.05. The lowest BCUT2D eigenvalue weighted by molar-refractivity contribution is 0.195. The molecule has 7 nitrogen and oxygen atoms in total. The minimum absolute atomic E-state index is 0.00175. The maximum Gasteiger partial charge on any atom is 0.298 e. The second-order valence-electron chi connectivity index (χ2n) is 3.23. The standard InChI is InChI=1S/C10H14O7S/c11-3-5-16-8-1-2-9(17-6-4-12)10(7-8)18(13,14)15/h1-2,7,11-12H,3-6H2,(H,13,14,15). The second-order valence-corrected chi connectivity index (χ2v) is 4.62. The van der Waals surface area contributed by atoms with Crippen LogP contribution in [0.5, 0.6) is 11.5 Å². The number of rotatable bonds is 7. The lowest BCUT2D eigenvalue weighted by Crippen LogP contribution is -2.08. The van der Waals surface area contributed by atoms with Gasteiger partial charge in [0.1, 0.15) is 29.6 Å². The molecule has 0 bridgehead atoms. The van der Waals surface area contributed by atoms with Crippen LogP contribution < -0.4 is 9.47 Å². The average molecular weight is 278 g/mol. The highest BCUT2D eigenvalue weighted by molar-refractivity contribution is 7.86. The van der Waals surface area contributed by atoms with Gasteiger partial charge in [-0.3, -0.25) is 4.55 Å². The van der Waals surface area contributed by atoms with E-state index in [9.17, 15) is 8.42 Å². The summed E-state index contributed by atoms with van der Waals surface area (Å²) in [7, 11) is -4.46. The second kappa shape index (κ2) is 6.55. The maximum absolute atomic E-state index is 11.2. The Morgan fingerprint density at radius 1 is 1.06 bits per heavy atom. The van der Waals surface area contributed by atoms with Gasteiger partial charge in [0.2, 0.25) is 0 Å². The summed E-state index contributed by atoms with van der Waals surface area (Å²) in [6, 6.07) is 3.81. The van der Waals surface area contributed by atoms with Gasteiger partial charge in [0.25, 0.3) is 10.1 Å². The fourth-order valence-electron chi connectivity index (χ4n) is 1.22. The molecule has 0 amide bonds. The van der Waals surface area contributed by atoms with E-state index in [2.05, 4.69) is 0 Å². The topological polar surface area (TPSA) is 113 Å². The molecule has 0 aromatic heterocycles. The van der Waals surface area contributed by atoms with Crippen LogP contribution in [0.2, 0.25) is 0 Å². The van der Waals surface area contributed by atoms with Crippen LogP contribution in [0.1, 0.15) is 0 Å². The number of hydrogen-bond acceptors (Lipinski definition) is 6. The van der Waals surface area contributed by atoms with Crippen LogP contribution in [0.3, 0.4) is 0 Å². The highest BCUT2D eigenvalue weighted by atomic mass is 32.2. The molecule has 0 aliphatic heterocycles. The van der Waals surface area contributed by atoms with Crippen molar-refractivity contribution in [2.75, 3.05) is 26.4 Å². The molecule has 1 aromatic rings. The van der Waals surface area contributed by atoms with Crippen molar-refractivity contribution in [3.63, 3.8) is 0 Å². The zero-order chi connectivity index (χ0) is 13.6. The van der Waals surface area contributed by atoms with Crippen LogP contribution in [0, 0.1) is 0 Å². The van der Waals surface area contributed by atoms with Crippen molar-refractivity contribution in [3.8, 4) is 11.5 Å². The Labute approximate surface area is 104 Å². The molecule has 3 N–H and O–H groups in total. The Bertz CT molecular complexity index is 483. The normalized spacial score (nSPS) is 11.3. The minimum atomic E-state index is -4.46. The molecule has 18 heavy (non-hydrogen) atoms. The van der Waals surface area contributed by atoms with E-state index in [0.29, 0.717) is 0 Å². The molecule has 0 aliphatic rings. The van der Waals surface area contributed by atoms with E-state index < -0.39 is 15.0 Å². The molecule has 1 aromatic carbocycles. The Morgan fingerprint density at radius 2 is 1.67 bits per heavy atom. The molecule has 0 saturated carbocycles. The van der Waals surface area contributed by atoms with Crippen LogP contribution in [0.15, 0.2) is 23.1 Å². The van der Waals surface area contributed by atoms with Gasteiger partial charge < -0.3 is 19.7 Å². The SMILES string of the molecule is O=S(=O)(O)c1cc(OCCO)ccc1OCCO. The van der Waals surface area contributed by atoms with Crippen LogP contribution in [0.25, 0.3) is 0 Å². The third kappa shape index (κ3) is 4.15. The van der Waals surface area contributed by atoms with Crippen molar-refractivity contribution < 1.29 is 32.7 Å². The molecule has 8 heteroatoms. The Morgan fingerprint density at radius 3 is 2.22 bits per heavy atom. The zero-order valence-electron chi connectivity index (χ0n) is 9.44. The molecular formula is C10H14O7S. The van der Waals surface area contributed by atoms with Crippen molar-refractivity contribution in [2.45, 2.75) is 4.90 Å². The first-order chi connectivity index (χ1) is 8.49. The number of aliphatic hydroxyl groups is 2. The highest BCUT2D eigenvalue weighted by Gasteiger charge is 2.18. The van der Waals surface area contributed by atoms with Crippen LogP contribution >= 0.6 is 0 Å². The molecule has 0 unspecified atom stereocenters. The molecule has 0 spiro atoms. The molecule has 0 aliphatic carbocycles. The van der Waals surface area contributed by atoms with E-state index in [1.807, 2.05) is 0 Å². The van der Waals surface area contributed by atoms with Gasteiger partial charge in [0.15, 0.2) is 0 Å². The molecule has 0 heterocycles. The quantitative estimate of drug-likeness (QED) is 0.585. The van der Waals surface area contributed by atoms with Gasteiger partial charge in [-0.05, 0) is 12.1 Å². The van der Waals surface area contributed by atoms with E-state index >= 15 is 0 Å². The number of aliphatic hydroxyl groups excluding tert-OH is 2. The summed E-state index contributed by atoms with van der Waals surface area (Å²) in [6.07, 6.45) is 0. The van der Waals surface area contributed by atoms with Gasteiger partial charge in [-0.2, -0.15) is 8.42 Å². The fraction of sp³-hybridized carbons (Fsp3) is 0.400. The molecule has 0 atom stereocenters. The van der Waals surface area contributed by atoms with E-state index in [4.69, 9.17) is 24.2 Å². The lowest BCUT2D eigenvalue weighted by Gasteiger charge is -2.11. The van der Waals surface area contributed by atoms with Gasteiger partial charge in [-0.15, -0.1) is 0 Å². The summed E-state index contributed by atoms with van der Waals surface area (Å²) in [6.45, 7) is -0.598. The predicted molar refractivity (Wildman–Crippen MR) is 61.4 cm³/mol. The van der Waals surface area contributed by atoms with E-state index in [1.54, 1.807) is 0 Å². The summed E-state index contributed by atoms with van der Waals surface area (Å²) in [5.74, 6) is 0.0934. The van der Waals surface area contributed by atoms with Crippen LogP contribution in [-0.4, -0.2) is 49.6 Å². The smallest absolute Gasteiger partial charge is 0.298 e. The van der Waals surface area contributed by atoms with E-state index in [-0.39, 0.29) is 37.9 Å². The highest BCUT2D eigenvalue weighted by Crippen LogP contribution is 2.28. The summed E-state index contributed by atoms with van der Waals surface area (Å²) in [5, 5.41) is 17.2. The van der Waals surface area contributed by atoms with Crippen molar-refractivity contribution in [1.82, 2.24) is 0 Å². The van der Waals surface area contributed by atoms with Gasteiger partial charge in [0, 0.05) is 6.07 Å². The van der Waals surface area contributed by atoms with Crippen molar-refractivity contribution in [2.24, 2.45) is 0 Å². The number of benzene rings is 1.